The van der Waals surface area contributed by atoms with Crippen LogP contribution in [0.2, 0.25) is 0 Å². The molecule has 0 aliphatic rings. The lowest BCUT2D eigenvalue weighted by Gasteiger charge is -2.13. The number of hydrogen-bond acceptors (Lipinski definition) is 5. The maximum atomic E-state index is 13.4. The van der Waals surface area contributed by atoms with Gasteiger partial charge in [-0.05, 0) is 56.2 Å². The van der Waals surface area contributed by atoms with Crippen molar-refractivity contribution >= 4 is 22.9 Å². The summed E-state index contributed by atoms with van der Waals surface area (Å²) in [7, 11) is 0. The van der Waals surface area contributed by atoms with Crippen molar-refractivity contribution in [3.05, 3.63) is 77.1 Å². The van der Waals surface area contributed by atoms with E-state index in [1.165, 1.54) is 18.2 Å². The minimum absolute atomic E-state index is 0.184. The first kappa shape index (κ1) is 20.5. The number of aliphatic hydroxyl groups excluding tert-OH is 1. The van der Waals surface area contributed by atoms with Crippen LogP contribution in [0.25, 0.3) is 16.8 Å². The summed E-state index contributed by atoms with van der Waals surface area (Å²) in [5, 5.41) is 12.9. The van der Waals surface area contributed by atoms with Gasteiger partial charge in [0.05, 0.1) is 0 Å². The molecule has 4 rings (SSSR count). The number of nitrogens with one attached hydrogen (secondary N) is 1. The number of amides is 1. The molecule has 8 heteroatoms. The fourth-order valence-corrected chi connectivity index (χ4v) is 3.72. The van der Waals surface area contributed by atoms with E-state index in [0.29, 0.717) is 17.2 Å². The summed E-state index contributed by atoms with van der Waals surface area (Å²) < 4.78 is 15.3. The lowest BCUT2D eigenvalue weighted by atomic mass is 10.0. The Morgan fingerprint density at radius 3 is 2.68 bits per heavy atom. The molecule has 4 aromatic rings. The van der Waals surface area contributed by atoms with Gasteiger partial charge in [0, 0.05) is 23.1 Å². The fraction of sp³-hybridized carbons (Fsp3) is 0.174. The number of aromatic nitrogens is 3. The number of aryl methyl sites for hydroxylation is 3. The van der Waals surface area contributed by atoms with E-state index in [1.807, 2.05) is 31.2 Å². The zero-order valence-corrected chi connectivity index (χ0v) is 17.3. The Hall–Kier alpha value is -3.78. The topological polar surface area (TPSA) is 106 Å². The van der Waals surface area contributed by atoms with Crippen molar-refractivity contribution in [1.29, 1.82) is 0 Å². The van der Waals surface area contributed by atoms with Crippen molar-refractivity contribution in [2.45, 2.75) is 26.9 Å². The van der Waals surface area contributed by atoms with Crippen molar-refractivity contribution in [2.75, 3.05) is 11.1 Å². The lowest BCUT2D eigenvalue weighted by Crippen LogP contribution is -2.21. The van der Waals surface area contributed by atoms with Gasteiger partial charge in [-0.15, -0.1) is 0 Å². The van der Waals surface area contributed by atoms with Gasteiger partial charge in [-0.25, -0.2) is 14.4 Å². The van der Waals surface area contributed by atoms with Crippen LogP contribution in [-0.4, -0.2) is 25.4 Å². The second kappa shape index (κ2) is 7.81. The minimum Gasteiger partial charge on any atom is -0.382 e. The number of anilines is 2. The Kier molecular flexibility index (Phi) is 5.16. The third kappa shape index (κ3) is 3.73. The number of halogens is 1. The Bertz CT molecular complexity index is 1320. The van der Waals surface area contributed by atoms with Crippen molar-refractivity contribution in [2.24, 2.45) is 0 Å². The SMILES string of the molecule is Cc1cc(NC(=O)C(O)c2cccc(F)c2)ccc1-c1nc(C)n2c(C)cnc(N)c12. The van der Waals surface area contributed by atoms with E-state index in [2.05, 4.69) is 15.3 Å². The molecular formula is C23H22FN5O2. The predicted octanol–water partition coefficient (Wildman–Crippen LogP) is 3.71. The average Bonchev–Trinajstić information content (AvgIpc) is 3.08. The number of carbonyl (C=O) groups is 1. The number of hydrogen-bond donors (Lipinski definition) is 3. The molecule has 31 heavy (non-hydrogen) atoms. The molecule has 2 aromatic heterocycles. The molecule has 2 heterocycles. The van der Waals surface area contributed by atoms with Gasteiger partial charge in [-0.1, -0.05) is 18.2 Å². The molecule has 0 saturated heterocycles. The lowest BCUT2D eigenvalue weighted by molar-refractivity contribution is -0.124. The van der Waals surface area contributed by atoms with E-state index in [1.54, 1.807) is 18.3 Å². The number of nitrogen functional groups attached to an aromatic ring is 1. The Morgan fingerprint density at radius 1 is 1.19 bits per heavy atom. The second-order valence-electron chi connectivity index (χ2n) is 7.45. The number of aliphatic hydroxyl groups is 1. The highest BCUT2D eigenvalue weighted by molar-refractivity contribution is 5.95. The van der Waals surface area contributed by atoms with Crippen LogP contribution in [0.4, 0.5) is 15.9 Å². The van der Waals surface area contributed by atoms with Gasteiger partial charge in [0.25, 0.3) is 5.91 Å². The zero-order valence-electron chi connectivity index (χ0n) is 17.3. The van der Waals surface area contributed by atoms with Crippen LogP contribution in [0.15, 0.2) is 48.7 Å². The summed E-state index contributed by atoms with van der Waals surface area (Å²) >= 11 is 0. The van der Waals surface area contributed by atoms with Crippen LogP contribution >= 0.6 is 0 Å². The van der Waals surface area contributed by atoms with Crippen molar-refractivity contribution in [3.63, 3.8) is 0 Å². The van der Waals surface area contributed by atoms with E-state index in [0.717, 1.165) is 34.2 Å². The summed E-state index contributed by atoms with van der Waals surface area (Å²) in [6.45, 7) is 5.74. The van der Waals surface area contributed by atoms with Gasteiger partial charge < -0.3 is 16.2 Å². The number of nitrogens with zero attached hydrogens (tertiary/aromatic N) is 3. The molecule has 0 fully saturated rings. The van der Waals surface area contributed by atoms with E-state index < -0.39 is 17.8 Å². The molecule has 1 amide bonds. The van der Waals surface area contributed by atoms with Gasteiger partial charge in [0.15, 0.2) is 6.10 Å². The first-order valence-electron chi connectivity index (χ1n) is 9.72. The van der Waals surface area contributed by atoms with Gasteiger partial charge in [0.1, 0.15) is 28.7 Å². The van der Waals surface area contributed by atoms with Gasteiger partial charge in [-0.2, -0.15) is 0 Å². The number of rotatable bonds is 4. The molecule has 0 radical (unpaired) electrons. The van der Waals surface area contributed by atoms with Crippen molar-refractivity contribution < 1.29 is 14.3 Å². The third-order valence-electron chi connectivity index (χ3n) is 5.19. The number of fused-ring (bicyclic) bond motifs is 1. The van der Waals surface area contributed by atoms with Crippen LogP contribution in [0.3, 0.4) is 0 Å². The Balaban J connectivity index is 1.65. The summed E-state index contributed by atoms with van der Waals surface area (Å²) in [6.07, 6.45) is 0.222. The summed E-state index contributed by atoms with van der Waals surface area (Å²) in [5.41, 5.74) is 10.9. The van der Waals surface area contributed by atoms with Crippen LogP contribution in [0, 0.1) is 26.6 Å². The number of imidazole rings is 1. The van der Waals surface area contributed by atoms with Crippen molar-refractivity contribution in [1.82, 2.24) is 14.4 Å². The monoisotopic (exact) mass is 419 g/mol. The predicted molar refractivity (Wildman–Crippen MR) is 117 cm³/mol. The molecule has 4 N–H and O–H groups in total. The Labute approximate surface area is 178 Å². The zero-order chi connectivity index (χ0) is 22.3. The van der Waals surface area contributed by atoms with E-state index in [9.17, 15) is 14.3 Å². The van der Waals surface area contributed by atoms with E-state index in [4.69, 9.17) is 5.73 Å². The number of carbonyl (C=O) groups excluding carboxylic acids is 1. The summed E-state index contributed by atoms with van der Waals surface area (Å²) in [5.74, 6) is 0.0176. The quantitative estimate of drug-likeness (QED) is 0.468. The first-order valence-corrected chi connectivity index (χ1v) is 9.72. The number of benzene rings is 2. The fourth-order valence-electron chi connectivity index (χ4n) is 3.72. The van der Waals surface area contributed by atoms with Crippen LogP contribution < -0.4 is 11.1 Å². The number of nitrogens with two attached hydrogens (primary N) is 1. The summed E-state index contributed by atoms with van der Waals surface area (Å²) in [4.78, 5) is 21.4. The molecule has 1 atom stereocenters. The smallest absolute Gasteiger partial charge is 0.257 e. The highest BCUT2D eigenvalue weighted by Crippen LogP contribution is 2.32. The molecule has 0 bridgehead atoms. The average molecular weight is 419 g/mol. The van der Waals surface area contributed by atoms with Crippen molar-refractivity contribution in [3.8, 4) is 11.3 Å². The highest BCUT2D eigenvalue weighted by atomic mass is 19.1. The van der Waals surface area contributed by atoms with Crippen LogP contribution in [0.5, 0.6) is 0 Å². The molecule has 158 valence electrons. The van der Waals surface area contributed by atoms with Crippen LogP contribution in [0.1, 0.15) is 28.7 Å². The first-order chi connectivity index (χ1) is 14.8. The van der Waals surface area contributed by atoms with Gasteiger partial charge >= 0.3 is 0 Å². The normalized spacial score (nSPS) is 12.2. The maximum Gasteiger partial charge on any atom is 0.257 e. The second-order valence-corrected chi connectivity index (χ2v) is 7.45. The third-order valence-corrected chi connectivity index (χ3v) is 5.19. The largest absolute Gasteiger partial charge is 0.382 e. The molecule has 7 nitrogen and oxygen atoms in total. The van der Waals surface area contributed by atoms with Gasteiger partial charge in [0.2, 0.25) is 0 Å². The molecule has 1 unspecified atom stereocenters. The maximum absolute atomic E-state index is 13.4. The molecular weight excluding hydrogens is 397 g/mol. The van der Waals surface area contributed by atoms with E-state index >= 15 is 0 Å². The standard InChI is InChI=1S/C23H22FN5O2/c1-12-9-17(28-23(31)21(30)15-5-4-6-16(24)10-15)7-8-18(12)19-20-22(25)26-11-13(2)29(20)14(3)27-19/h4-11,21,30H,1-3H3,(H2,25,26)(H,28,31). The summed E-state index contributed by atoms with van der Waals surface area (Å²) in [6, 6.07) is 10.7. The minimum atomic E-state index is -1.48. The molecule has 0 aliphatic carbocycles. The highest BCUT2D eigenvalue weighted by Gasteiger charge is 2.20. The van der Waals surface area contributed by atoms with Crippen LogP contribution in [-0.2, 0) is 4.79 Å². The van der Waals surface area contributed by atoms with E-state index in [-0.39, 0.29) is 5.56 Å². The molecule has 2 aromatic carbocycles. The molecule has 0 saturated carbocycles. The molecule has 0 aliphatic heterocycles. The Morgan fingerprint density at radius 2 is 1.97 bits per heavy atom. The van der Waals surface area contributed by atoms with Gasteiger partial charge in [-0.3, -0.25) is 9.20 Å². The molecule has 0 spiro atoms.